The van der Waals surface area contributed by atoms with Gasteiger partial charge in [0, 0.05) is 22.5 Å². The Kier molecular flexibility index (Phi) is 8.88. The van der Waals surface area contributed by atoms with Gasteiger partial charge in [-0.3, -0.25) is 15.0 Å². The number of hydrogen-bond acceptors (Lipinski definition) is 5. The van der Waals surface area contributed by atoms with Crippen molar-refractivity contribution in [1.29, 1.82) is 0 Å². The van der Waals surface area contributed by atoms with Gasteiger partial charge in [-0.1, -0.05) is 24.8 Å². The van der Waals surface area contributed by atoms with Gasteiger partial charge in [0.05, 0.1) is 5.71 Å². The van der Waals surface area contributed by atoms with E-state index < -0.39 is 0 Å². The minimum absolute atomic E-state index is 0.355. The normalized spacial score (nSPS) is 15.9. The van der Waals surface area contributed by atoms with Crippen LogP contribution in [0.3, 0.4) is 0 Å². The second-order valence-corrected chi connectivity index (χ2v) is 6.61. The van der Waals surface area contributed by atoms with Crippen molar-refractivity contribution in [1.82, 2.24) is 0 Å². The van der Waals surface area contributed by atoms with Gasteiger partial charge in [0.2, 0.25) is 0 Å². The van der Waals surface area contributed by atoms with Gasteiger partial charge in [-0.25, -0.2) is 0 Å². The highest BCUT2D eigenvalue weighted by atomic mass is 32.1. The molecule has 0 spiro atoms. The van der Waals surface area contributed by atoms with Crippen LogP contribution >= 0.6 is 24.0 Å². The van der Waals surface area contributed by atoms with Crippen LogP contribution in [-0.2, 0) is 0 Å². The van der Waals surface area contributed by atoms with E-state index in [9.17, 15) is 0 Å². The third-order valence-corrected chi connectivity index (χ3v) is 4.61. The summed E-state index contributed by atoms with van der Waals surface area (Å²) in [5.41, 5.74) is 8.57. The zero-order valence-electron chi connectivity index (χ0n) is 14.8. The Morgan fingerprint density at radius 3 is 2.56 bits per heavy atom. The van der Waals surface area contributed by atoms with Crippen molar-refractivity contribution in [3.63, 3.8) is 0 Å². The summed E-state index contributed by atoms with van der Waals surface area (Å²) < 4.78 is 0. The van der Waals surface area contributed by atoms with Crippen molar-refractivity contribution in [2.75, 3.05) is 7.05 Å². The molecule has 1 unspecified atom stereocenters. The van der Waals surface area contributed by atoms with Gasteiger partial charge in [-0.2, -0.15) is 0 Å². The first-order valence-corrected chi connectivity index (χ1v) is 8.95. The highest BCUT2D eigenvalue weighted by molar-refractivity contribution is 7.85. The molecule has 0 fully saturated rings. The predicted octanol–water partition coefficient (Wildman–Crippen LogP) is 4.77. The van der Waals surface area contributed by atoms with Crippen LogP contribution in [-0.4, -0.2) is 25.3 Å². The molecule has 6 heteroatoms. The van der Waals surface area contributed by atoms with E-state index in [1.807, 2.05) is 43.5 Å². The Morgan fingerprint density at radius 1 is 1.32 bits per heavy atom. The van der Waals surface area contributed by atoms with Crippen molar-refractivity contribution in [3.8, 4) is 0 Å². The molecule has 0 aliphatic heterocycles. The Bertz CT molecular complexity index is 750. The lowest BCUT2D eigenvalue weighted by atomic mass is 10.1. The van der Waals surface area contributed by atoms with E-state index in [1.54, 1.807) is 30.5 Å². The third kappa shape index (κ3) is 6.32. The lowest BCUT2D eigenvalue weighted by Gasteiger charge is -2.14. The van der Waals surface area contributed by atoms with E-state index in [0.29, 0.717) is 10.7 Å². The van der Waals surface area contributed by atoms with Crippen LogP contribution in [0, 0.1) is 0 Å². The summed E-state index contributed by atoms with van der Waals surface area (Å²) in [5.74, 6) is 0.451. The second-order valence-electron chi connectivity index (χ2n) is 5.15. The van der Waals surface area contributed by atoms with Crippen molar-refractivity contribution in [2.45, 2.75) is 19.9 Å². The quantitative estimate of drug-likeness (QED) is 0.294. The summed E-state index contributed by atoms with van der Waals surface area (Å²) in [4.78, 5) is 14.6. The summed E-state index contributed by atoms with van der Waals surface area (Å²) >= 11 is 6.15. The maximum Gasteiger partial charge on any atom is 0.141 e. The van der Waals surface area contributed by atoms with E-state index in [-0.39, 0.29) is 6.04 Å². The molecule has 1 rings (SSSR count). The van der Waals surface area contributed by atoms with Crippen molar-refractivity contribution in [3.05, 3.63) is 69.4 Å². The first kappa shape index (κ1) is 20.9. The second kappa shape index (κ2) is 10.6. The molecule has 0 aromatic carbocycles. The highest BCUT2D eigenvalue weighted by Gasteiger charge is 2.18. The molecule has 0 amide bonds. The molecule has 0 aliphatic rings. The summed E-state index contributed by atoms with van der Waals surface area (Å²) in [6, 6.07) is 3.61. The average Bonchev–Trinajstić information content (AvgIpc) is 3.13. The van der Waals surface area contributed by atoms with Crippen LogP contribution < -0.4 is 5.73 Å². The maximum absolute atomic E-state index is 6.11. The number of amidine groups is 1. The molecule has 4 nitrogen and oxygen atoms in total. The molecule has 1 atom stereocenters. The van der Waals surface area contributed by atoms with E-state index >= 15 is 0 Å². The molecule has 132 valence electrons. The molecule has 1 heterocycles. The van der Waals surface area contributed by atoms with Crippen molar-refractivity contribution >= 4 is 42.2 Å². The van der Waals surface area contributed by atoms with E-state index in [0.717, 1.165) is 21.9 Å². The fraction of sp³-hybridized carbons (Fsp3) is 0.211. The molecule has 1 aromatic heterocycles. The van der Waals surface area contributed by atoms with Crippen LogP contribution in [0.25, 0.3) is 0 Å². The first-order valence-electron chi connectivity index (χ1n) is 7.62. The van der Waals surface area contributed by atoms with Crippen molar-refractivity contribution < 1.29 is 0 Å². The molecule has 0 aliphatic carbocycles. The molecule has 0 radical (unpaired) electrons. The van der Waals surface area contributed by atoms with Gasteiger partial charge in [0.25, 0.3) is 0 Å². The Morgan fingerprint density at radius 2 is 2.04 bits per heavy atom. The maximum atomic E-state index is 6.11. The molecule has 2 N–H and O–H groups in total. The minimum atomic E-state index is -0.355. The topological polar surface area (TPSA) is 63.1 Å². The Labute approximate surface area is 159 Å². The smallest absolute Gasteiger partial charge is 0.141 e. The van der Waals surface area contributed by atoms with Crippen LogP contribution in [0.5, 0.6) is 0 Å². The summed E-state index contributed by atoms with van der Waals surface area (Å²) in [6.45, 7) is 11.1. The first-order chi connectivity index (χ1) is 11.9. The molecular formula is C19H24N4S2. The number of rotatable bonds is 8. The van der Waals surface area contributed by atoms with Gasteiger partial charge in [0.1, 0.15) is 11.9 Å². The molecule has 0 saturated carbocycles. The van der Waals surface area contributed by atoms with Crippen LogP contribution in [0.2, 0.25) is 0 Å². The third-order valence-electron chi connectivity index (χ3n) is 3.33. The zero-order valence-corrected chi connectivity index (χ0v) is 16.5. The average molecular weight is 373 g/mol. The van der Waals surface area contributed by atoms with E-state index in [2.05, 4.69) is 35.9 Å². The van der Waals surface area contributed by atoms with Gasteiger partial charge >= 0.3 is 0 Å². The number of nitrogens with zero attached hydrogens (tertiary/aromatic N) is 3. The monoisotopic (exact) mass is 372 g/mol. The standard InChI is InChI=1S/C19H24N4S2/c1-6-8-15(24)17(13(2)10-11-14(3)21-4)23-18(19(20)22-5)16-9-7-12-25-16/h6-12,18,24H,1,4H2,2-3,5H3,(H2,20,22)/b13-10+,14-11-,15-8-,23-17?. The van der Waals surface area contributed by atoms with Crippen LogP contribution in [0.15, 0.2) is 79.5 Å². The fourth-order valence-corrected chi connectivity index (χ4v) is 3.02. The highest BCUT2D eigenvalue weighted by Crippen LogP contribution is 2.26. The Balaban J connectivity index is 3.48. The molecular weight excluding hydrogens is 348 g/mol. The van der Waals surface area contributed by atoms with Gasteiger partial charge in [0.15, 0.2) is 0 Å². The largest absolute Gasteiger partial charge is 0.385 e. The van der Waals surface area contributed by atoms with E-state index in [1.165, 1.54) is 0 Å². The number of allylic oxidation sites excluding steroid dienone is 7. The van der Waals surface area contributed by atoms with Crippen LogP contribution in [0.4, 0.5) is 0 Å². The summed E-state index contributed by atoms with van der Waals surface area (Å²) in [7, 11) is 1.66. The number of aliphatic imine (C=N–C) groups is 3. The van der Waals surface area contributed by atoms with Gasteiger partial charge in [-0.05, 0) is 49.7 Å². The summed E-state index contributed by atoms with van der Waals surface area (Å²) in [5, 5.41) is 1.99. The lowest BCUT2D eigenvalue weighted by molar-refractivity contribution is 0.967. The van der Waals surface area contributed by atoms with Gasteiger partial charge in [-0.15, -0.1) is 24.0 Å². The molecule has 1 aromatic rings. The van der Waals surface area contributed by atoms with Gasteiger partial charge < -0.3 is 5.73 Å². The zero-order chi connectivity index (χ0) is 18.8. The minimum Gasteiger partial charge on any atom is -0.385 e. The number of hydrogen-bond donors (Lipinski definition) is 2. The fourth-order valence-electron chi connectivity index (χ4n) is 1.91. The SMILES string of the molecule is C=C/C=C(\S)C(=NC(C(N)=NC)c1cccs1)/C(C)=C/C=C(/C)N=C. The Hall–Kier alpha value is -2.18. The lowest BCUT2D eigenvalue weighted by Crippen LogP contribution is -2.21. The number of thiophene rings is 1. The molecule has 0 bridgehead atoms. The molecule has 25 heavy (non-hydrogen) atoms. The number of nitrogens with two attached hydrogens (primary N) is 1. The predicted molar refractivity (Wildman–Crippen MR) is 116 cm³/mol. The summed E-state index contributed by atoms with van der Waals surface area (Å²) in [6.07, 6.45) is 7.28. The number of thiol groups is 1. The van der Waals surface area contributed by atoms with E-state index in [4.69, 9.17) is 10.7 Å². The van der Waals surface area contributed by atoms with Crippen LogP contribution in [0.1, 0.15) is 24.8 Å². The molecule has 0 saturated heterocycles. The van der Waals surface area contributed by atoms with Crippen molar-refractivity contribution in [2.24, 2.45) is 20.7 Å².